The molecule has 5 rings (SSSR count). The third kappa shape index (κ3) is 7.81. The Morgan fingerprint density at radius 1 is 1.04 bits per heavy atom. The summed E-state index contributed by atoms with van der Waals surface area (Å²) in [5.41, 5.74) is 1.53. The van der Waals surface area contributed by atoms with Gasteiger partial charge in [-0.05, 0) is 48.9 Å². The van der Waals surface area contributed by atoms with Crippen LogP contribution in [0, 0.1) is 6.92 Å². The van der Waals surface area contributed by atoms with Crippen molar-refractivity contribution in [1.82, 2.24) is 14.5 Å². The van der Waals surface area contributed by atoms with Gasteiger partial charge in [0.15, 0.2) is 5.17 Å². The van der Waals surface area contributed by atoms with Crippen molar-refractivity contribution >= 4 is 40.2 Å². The molecule has 0 radical (unpaired) electrons. The molecule has 234 valence electrons. The summed E-state index contributed by atoms with van der Waals surface area (Å²) in [4.78, 5) is 38.8. The van der Waals surface area contributed by atoms with Gasteiger partial charge in [0.2, 0.25) is 5.91 Å². The third-order valence-corrected chi connectivity index (χ3v) is 7.24. The van der Waals surface area contributed by atoms with E-state index in [-0.39, 0.29) is 28.2 Å². The highest BCUT2D eigenvalue weighted by Crippen LogP contribution is 2.36. The smallest absolute Gasteiger partial charge is 0.417 e. The van der Waals surface area contributed by atoms with E-state index in [1.807, 2.05) is 0 Å². The molecule has 3 amide bonds. The maximum absolute atomic E-state index is 12.8. The second-order valence-electron chi connectivity index (χ2n) is 9.67. The number of benzene rings is 2. The van der Waals surface area contributed by atoms with E-state index in [1.54, 1.807) is 49.5 Å². The zero-order chi connectivity index (χ0) is 32.4. The number of nitrogens with zero attached hydrogens (tertiary/aromatic N) is 5. The normalized spacial score (nSPS) is 14.7. The number of aryl methyl sites for hydroxylation is 1. The van der Waals surface area contributed by atoms with Crippen molar-refractivity contribution in [2.45, 2.75) is 25.7 Å². The number of carbonyl (C=O) groups excluding carboxylic acids is 2. The second kappa shape index (κ2) is 12.6. The lowest BCUT2D eigenvalue weighted by atomic mass is 10.1. The molecule has 1 aliphatic rings. The van der Waals surface area contributed by atoms with Gasteiger partial charge < -0.3 is 10.1 Å². The third-order valence-electron chi connectivity index (χ3n) is 6.32. The van der Waals surface area contributed by atoms with Crippen molar-refractivity contribution in [2.24, 2.45) is 4.99 Å². The summed E-state index contributed by atoms with van der Waals surface area (Å²) in [5, 5.41) is 2.63. The summed E-state index contributed by atoms with van der Waals surface area (Å²) in [7, 11) is 0. The van der Waals surface area contributed by atoms with Gasteiger partial charge in [0.1, 0.15) is 17.9 Å². The first-order valence-electron chi connectivity index (χ1n) is 13.1. The molecule has 1 N–H and O–H groups in total. The molecule has 4 aromatic rings. The largest absolute Gasteiger partial charge is 0.491 e. The van der Waals surface area contributed by atoms with Crippen molar-refractivity contribution in [1.29, 1.82) is 0 Å². The number of nitrogens with one attached hydrogen (secondary N) is 1. The average Bonchev–Trinajstić information content (AvgIpc) is 3.60. The lowest BCUT2D eigenvalue weighted by molar-refractivity contribution is -0.140. The van der Waals surface area contributed by atoms with E-state index >= 15 is 0 Å². The number of thioether (sulfide) groups is 1. The van der Waals surface area contributed by atoms with Gasteiger partial charge in [-0.1, -0.05) is 30.0 Å². The number of amides is 3. The molecule has 0 saturated carbocycles. The summed E-state index contributed by atoms with van der Waals surface area (Å²) < 4.78 is 83.2. The van der Waals surface area contributed by atoms with Crippen molar-refractivity contribution in [3.8, 4) is 22.8 Å². The molecule has 16 heteroatoms. The number of urea groups is 1. The van der Waals surface area contributed by atoms with Crippen LogP contribution in [0.25, 0.3) is 17.1 Å². The number of anilines is 2. The first kappa shape index (κ1) is 31.6. The first-order valence-corrected chi connectivity index (χ1v) is 14.1. The fourth-order valence-electron chi connectivity index (χ4n) is 4.15. The Kier molecular flexibility index (Phi) is 8.86. The maximum atomic E-state index is 12.8. The molecule has 0 unspecified atom stereocenters. The molecule has 9 nitrogen and oxygen atoms in total. The number of aromatic nitrogens is 3. The molecule has 2 aromatic carbocycles. The van der Waals surface area contributed by atoms with Gasteiger partial charge in [0, 0.05) is 23.6 Å². The van der Waals surface area contributed by atoms with Crippen LogP contribution >= 0.6 is 11.8 Å². The van der Waals surface area contributed by atoms with Gasteiger partial charge in [-0.2, -0.15) is 31.3 Å². The van der Waals surface area contributed by atoms with Gasteiger partial charge in [-0.3, -0.25) is 14.3 Å². The van der Waals surface area contributed by atoms with Crippen molar-refractivity contribution < 1.29 is 40.7 Å². The highest BCUT2D eigenvalue weighted by Gasteiger charge is 2.34. The molecule has 1 aliphatic heterocycles. The van der Waals surface area contributed by atoms with E-state index < -0.39 is 42.9 Å². The van der Waals surface area contributed by atoms with E-state index in [2.05, 4.69) is 20.3 Å². The van der Waals surface area contributed by atoms with Gasteiger partial charge >= 0.3 is 18.4 Å². The molecular formula is C29H22F6N6O3S. The zero-order valence-electron chi connectivity index (χ0n) is 23.2. The van der Waals surface area contributed by atoms with Gasteiger partial charge in [0.25, 0.3) is 0 Å². The predicted molar refractivity (Wildman–Crippen MR) is 156 cm³/mol. The lowest BCUT2D eigenvalue weighted by Gasteiger charge is -2.20. The number of pyridine rings is 1. The van der Waals surface area contributed by atoms with Crippen LogP contribution in [0.15, 0.2) is 78.3 Å². The van der Waals surface area contributed by atoms with E-state index in [0.717, 1.165) is 28.9 Å². The Labute approximate surface area is 255 Å². The first-order chi connectivity index (χ1) is 21.3. The van der Waals surface area contributed by atoms with Crippen molar-refractivity contribution in [2.75, 3.05) is 22.6 Å². The fraction of sp³-hybridized carbons (Fsp3) is 0.207. The zero-order valence-corrected chi connectivity index (χ0v) is 24.0. The van der Waals surface area contributed by atoms with Crippen LogP contribution in [0.5, 0.6) is 5.75 Å². The van der Waals surface area contributed by atoms with Gasteiger partial charge in [-0.25, -0.2) is 14.8 Å². The molecular weight excluding hydrogens is 626 g/mol. The van der Waals surface area contributed by atoms with Crippen LogP contribution in [0.2, 0.25) is 0 Å². The van der Waals surface area contributed by atoms with Crippen LogP contribution in [0.4, 0.5) is 42.5 Å². The molecule has 1 saturated heterocycles. The molecule has 0 atom stereocenters. The summed E-state index contributed by atoms with van der Waals surface area (Å²) in [5.74, 6) is -0.174. The highest BCUT2D eigenvalue weighted by atomic mass is 32.2. The highest BCUT2D eigenvalue weighted by molar-refractivity contribution is 8.15. The summed E-state index contributed by atoms with van der Waals surface area (Å²) >= 11 is 0.996. The van der Waals surface area contributed by atoms with Crippen LogP contribution in [0.3, 0.4) is 0 Å². The SMILES string of the molecule is Cc1ccc(OCCC(F)(F)F)c(N2C(=O)CSC2=NC(=O)Nc2ccc(-c3cn(-c4ccc(C(F)(F)F)cn4)cn3)cc2)c1. The number of ether oxygens (including phenoxy) is 1. The Morgan fingerprint density at radius 2 is 1.80 bits per heavy atom. The number of rotatable bonds is 7. The number of carbonyl (C=O) groups is 2. The summed E-state index contributed by atoms with van der Waals surface area (Å²) in [6.07, 6.45) is -6.36. The summed E-state index contributed by atoms with van der Waals surface area (Å²) in [6.45, 7) is 1.09. The quantitative estimate of drug-likeness (QED) is 0.212. The van der Waals surface area contributed by atoms with E-state index in [0.29, 0.717) is 22.5 Å². The van der Waals surface area contributed by atoms with Crippen molar-refractivity contribution in [3.05, 3.63) is 84.4 Å². The Morgan fingerprint density at radius 3 is 2.47 bits per heavy atom. The number of halogens is 6. The Balaban J connectivity index is 1.27. The number of hydrogen-bond donors (Lipinski definition) is 1. The van der Waals surface area contributed by atoms with Crippen molar-refractivity contribution in [3.63, 3.8) is 0 Å². The number of aliphatic imine (C=N–C) groups is 1. The standard InChI is InChI=1S/C29H22F6N6O3S/c1-17-2-8-23(44-11-10-28(30,31)32)22(12-17)41-25(42)15-45-27(41)39-26(43)38-20-6-3-18(4-7-20)21-14-40(16-37-21)24-9-5-19(13-36-24)29(33,34)35/h2-9,12-14,16H,10-11,15H2,1H3,(H,38,43). The molecule has 1 fully saturated rings. The fourth-order valence-corrected chi connectivity index (χ4v) is 5.01. The summed E-state index contributed by atoms with van der Waals surface area (Å²) in [6, 6.07) is 12.5. The number of alkyl halides is 6. The molecule has 2 aromatic heterocycles. The number of amidine groups is 1. The monoisotopic (exact) mass is 648 g/mol. The Bertz CT molecular complexity index is 1740. The minimum atomic E-state index is -4.50. The molecule has 45 heavy (non-hydrogen) atoms. The van der Waals surface area contributed by atoms with Crippen LogP contribution < -0.4 is 15.0 Å². The Hall–Kier alpha value is -4.86. The van der Waals surface area contributed by atoms with E-state index in [4.69, 9.17) is 4.74 Å². The molecule has 0 spiro atoms. The maximum Gasteiger partial charge on any atom is 0.417 e. The van der Waals surface area contributed by atoms with Crippen LogP contribution in [-0.2, 0) is 11.0 Å². The molecule has 0 aliphatic carbocycles. The van der Waals surface area contributed by atoms with E-state index in [9.17, 15) is 35.9 Å². The minimum Gasteiger partial charge on any atom is -0.491 e. The molecule has 0 bridgehead atoms. The second-order valence-corrected chi connectivity index (χ2v) is 10.6. The lowest BCUT2D eigenvalue weighted by Crippen LogP contribution is -2.31. The van der Waals surface area contributed by atoms with Gasteiger partial charge in [-0.15, -0.1) is 0 Å². The average molecular weight is 649 g/mol. The number of imidazole rings is 1. The number of hydrogen-bond acceptors (Lipinski definition) is 6. The molecule has 3 heterocycles. The van der Waals surface area contributed by atoms with Gasteiger partial charge in [0.05, 0.1) is 35.7 Å². The topological polar surface area (TPSA) is 102 Å². The predicted octanol–water partition coefficient (Wildman–Crippen LogP) is 7.26. The van der Waals surface area contributed by atoms with Crippen LogP contribution in [-0.4, -0.2) is 50.2 Å². The van der Waals surface area contributed by atoms with E-state index in [1.165, 1.54) is 23.0 Å². The minimum absolute atomic E-state index is 0.0304. The van der Waals surface area contributed by atoms with Crippen LogP contribution in [0.1, 0.15) is 17.5 Å².